The van der Waals surface area contributed by atoms with E-state index in [1.54, 1.807) is 0 Å². The van der Waals surface area contributed by atoms with Crippen LogP contribution in [0, 0.1) is 12.3 Å². The molecule has 0 bridgehead atoms. The maximum Gasteiger partial charge on any atom is 0.0221 e. The smallest absolute Gasteiger partial charge is 0.0221 e. The molecule has 1 aliphatic rings. The molecule has 1 heterocycles. The zero-order valence-electron chi connectivity index (χ0n) is 8.55. The number of terminal acetylenes is 1. The van der Waals surface area contributed by atoms with Crippen LogP contribution in [0.25, 0.3) is 0 Å². The standard InChI is InChI=1S/C11H20N2/c1-3-5-9-13(4-2)11-7-6-8-12-10-11/h1,11-12H,4-10H2,2H3. The van der Waals surface area contributed by atoms with Gasteiger partial charge < -0.3 is 5.32 Å². The summed E-state index contributed by atoms with van der Waals surface area (Å²) < 4.78 is 0. The molecule has 1 saturated heterocycles. The van der Waals surface area contributed by atoms with E-state index in [-0.39, 0.29) is 0 Å². The minimum absolute atomic E-state index is 0.715. The first-order valence-corrected chi connectivity index (χ1v) is 5.26. The predicted octanol–water partition coefficient (Wildman–Crippen LogP) is 1.08. The highest BCUT2D eigenvalue weighted by Crippen LogP contribution is 2.10. The van der Waals surface area contributed by atoms with Crippen molar-refractivity contribution < 1.29 is 0 Å². The lowest BCUT2D eigenvalue weighted by Crippen LogP contribution is -2.46. The number of likely N-dealkylation sites (N-methyl/N-ethyl adjacent to an activating group) is 1. The maximum atomic E-state index is 5.27. The second kappa shape index (κ2) is 6.01. The molecule has 1 atom stereocenters. The number of hydrogen-bond acceptors (Lipinski definition) is 2. The number of nitrogens with one attached hydrogen (secondary N) is 1. The van der Waals surface area contributed by atoms with E-state index in [2.05, 4.69) is 23.1 Å². The number of rotatable bonds is 4. The molecule has 1 unspecified atom stereocenters. The van der Waals surface area contributed by atoms with Gasteiger partial charge in [-0.15, -0.1) is 12.3 Å². The van der Waals surface area contributed by atoms with Gasteiger partial charge in [0, 0.05) is 25.6 Å². The largest absolute Gasteiger partial charge is 0.315 e. The van der Waals surface area contributed by atoms with Gasteiger partial charge in [0.25, 0.3) is 0 Å². The molecule has 2 heteroatoms. The monoisotopic (exact) mass is 180 g/mol. The summed E-state index contributed by atoms with van der Waals surface area (Å²) in [6, 6.07) is 0.715. The van der Waals surface area contributed by atoms with Crippen LogP contribution in [0.4, 0.5) is 0 Å². The van der Waals surface area contributed by atoms with Gasteiger partial charge in [0.05, 0.1) is 0 Å². The van der Waals surface area contributed by atoms with E-state index in [4.69, 9.17) is 6.42 Å². The minimum atomic E-state index is 0.715. The maximum absolute atomic E-state index is 5.27. The van der Waals surface area contributed by atoms with Crippen LogP contribution in [0.2, 0.25) is 0 Å². The first kappa shape index (κ1) is 10.6. The van der Waals surface area contributed by atoms with Gasteiger partial charge in [-0.25, -0.2) is 0 Å². The molecular formula is C11H20N2. The Morgan fingerprint density at radius 2 is 2.46 bits per heavy atom. The van der Waals surface area contributed by atoms with Crippen LogP contribution in [0.1, 0.15) is 26.2 Å². The van der Waals surface area contributed by atoms with Gasteiger partial charge in [-0.05, 0) is 25.9 Å². The fourth-order valence-electron chi connectivity index (χ4n) is 1.95. The fourth-order valence-corrected chi connectivity index (χ4v) is 1.95. The van der Waals surface area contributed by atoms with Gasteiger partial charge in [0.2, 0.25) is 0 Å². The van der Waals surface area contributed by atoms with Crippen LogP contribution in [0.15, 0.2) is 0 Å². The Morgan fingerprint density at radius 3 is 3.00 bits per heavy atom. The molecule has 74 valence electrons. The molecule has 0 aromatic carbocycles. The van der Waals surface area contributed by atoms with Crippen molar-refractivity contribution >= 4 is 0 Å². The van der Waals surface area contributed by atoms with Crippen molar-refractivity contribution in [1.29, 1.82) is 0 Å². The fraction of sp³-hybridized carbons (Fsp3) is 0.818. The van der Waals surface area contributed by atoms with E-state index in [1.807, 2.05) is 0 Å². The van der Waals surface area contributed by atoms with Crippen molar-refractivity contribution in [3.8, 4) is 12.3 Å². The van der Waals surface area contributed by atoms with Crippen LogP contribution >= 0.6 is 0 Å². The number of nitrogens with zero attached hydrogens (tertiary/aromatic N) is 1. The molecular weight excluding hydrogens is 160 g/mol. The molecule has 0 aromatic heterocycles. The van der Waals surface area contributed by atoms with Crippen molar-refractivity contribution in [2.75, 3.05) is 26.2 Å². The summed E-state index contributed by atoms with van der Waals surface area (Å²) in [5.74, 6) is 2.71. The Bertz CT molecular complexity index is 165. The van der Waals surface area contributed by atoms with Gasteiger partial charge >= 0.3 is 0 Å². The normalized spacial score (nSPS) is 23.0. The summed E-state index contributed by atoms with van der Waals surface area (Å²) in [6.45, 7) is 6.71. The molecule has 1 N–H and O–H groups in total. The molecule has 0 aliphatic carbocycles. The summed E-state index contributed by atoms with van der Waals surface area (Å²) in [4.78, 5) is 2.49. The molecule has 0 amide bonds. The third-order valence-corrected chi connectivity index (χ3v) is 2.74. The predicted molar refractivity (Wildman–Crippen MR) is 56.6 cm³/mol. The molecule has 1 rings (SSSR count). The minimum Gasteiger partial charge on any atom is -0.315 e. The van der Waals surface area contributed by atoms with Crippen molar-refractivity contribution in [2.45, 2.75) is 32.2 Å². The van der Waals surface area contributed by atoms with Gasteiger partial charge in [-0.1, -0.05) is 6.92 Å². The first-order chi connectivity index (χ1) is 6.38. The zero-order valence-corrected chi connectivity index (χ0v) is 8.55. The number of hydrogen-bond donors (Lipinski definition) is 1. The van der Waals surface area contributed by atoms with E-state index in [0.29, 0.717) is 6.04 Å². The Hall–Kier alpha value is -0.520. The molecule has 2 nitrogen and oxygen atoms in total. The SMILES string of the molecule is C#CCCN(CC)C1CCCNC1. The Kier molecular flexibility index (Phi) is 4.88. The average molecular weight is 180 g/mol. The van der Waals surface area contributed by atoms with Gasteiger partial charge in [0.1, 0.15) is 0 Å². The first-order valence-electron chi connectivity index (χ1n) is 5.26. The van der Waals surface area contributed by atoms with Crippen LogP contribution in [0.3, 0.4) is 0 Å². The van der Waals surface area contributed by atoms with E-state index < -0.39 is 0 Å². The third-order valence-electron chi connectivity index (χ3n) is 2.74. The van der Waals surface area contributed by atoms with Crippen molar-refractivity contribution in [1.82, 2.24) is 10.2 Å². The van der Waals surface area contributed by atoms with Crippen LogP contribution in [0.5, 0.6) is 0 Å². The van der Waals surface area contributed by atoms with Crippen LogP contribution in [-0.2, 0) is 0 Å². The van der Waals surface area contributed by atoms with Gasteiger partial charge in [0.15, 0.2) is 0 Å². The van der Waals surface area contributed by atoms with Gasteiger partial charge in [-0.3, -0.25) is 4.90 Å². The summed E-state index contributed by atoms with van der Waals surface area (Å²) in [5, 5.41) is 3.43. The third kappa shape index (κ3) is 3.38. The van der Waals surface area contributed by atoms with E-state index >= 15 is 0 Å². The topological polar surface area (TPSA) is 15.3 Å². The molecule has 0 spiro atoms. The quantitative estimate of drug-likeness (QED) is 0.651. The summed E-state index contributed by atoms with van der Waals surface area (Å²) >= 11 is 0. The molecule has 1 aliphatic heterocycles. The molecule has 1 fully saturated rings. The molecule has 0 radical (unpaired) electrons. The van der Waals surface area contributed by atoms with Gasteiger partial charge in [-0.2, -0.15) is 0 Å². The van der Waals surface area contributed by atoms with Crippen LogP contribution in [-0.4, -0.2) is 37.1 Å². The summed E-state index contributed by atoms with van der Waals surface area (Å²) in [7, 11) is 0. The lowest BCUT2D eigenvalue weighted by molar-refractivity contribution is 0.178. The molecule has 0 saturated carbocycles. The second-order valence-electron chi connectivity index (χ2n) is 3.58. The van der Waals surface area contributed by atoms with E-state index in [0.717, 1.165) is 26.1 Å². The number of piperidine rings is 1. The summed E-state index contributed by atoms with van der Waals surface area (Å²) in [6.07, 6.45) is 8.78. The van der Waals surface area contributed by atoms with E-state index in [1.165, 1.54) is 19.4 Å². The Balaban J connectivity index is 2.31. The lowest BCUT2D eigenvalue weighted by Gasteiger charge is -2.33. The van der Waals surface area contributed by atoms with Crippen LogP contribution < -0.4 is 5.32 Å². The average Bonchev–Trinajstić information content (AvgIpc) is 2.21. The van der Waals surface area contributed by atoms with Crippen molar-refractivity contribution in [3.63, 3.8) is 0 Å². The zero-order chi connectivity index (χ0) is 9.52. The molecule has 0 aromatic rings. The Labute approximate surface area is 81.7 Å². The highest BCUT2D eigenvalue weighted by atomic mass is 15.2. The highest BCUT2D eigenvalue weighted by Gasteiger charge is 2.18. The van der Waals surface area contributed by atoms with E-state index in [9.17, 15) is 0 Å². The highest BCUT2D eigenvalue weighted by molar-refractivity contribution is 4.86. The summed E-state index contributed by atoms with van der Waals surface area (Å²) in [5.41, 5.74) is 0. The molecule has 13 heavy (non-hydrogen) atoms. The second-order valence-corrected chi connectivity index (χ2v) is 3.58. The Morgan fingerprint density at radius 1 is 1.62 bits per heavy atom. The van der Waals surface area contributed by atoms with Crippen molar-refractivity contribution in [2.24, 2.45) is 0 Å². The lowest BCUT2D eigenvalue weighted by atomic mass is 10.1. The van der Waals surface area contributed by atoms with Crippen molar-refractivity contribution in [3.05, 3.63) is 0 Å².